The molecule has 0 saturated heterocycles. The van der Waals surface area contributed by atoms with Crippen LogP contribution < -0.4 is 0 Å². The number of aryl methyl sites for hydroxylation is 1. The number of benzene rings is 1. The van der Waals surface area contributed by atoms with Crippen molar-refractivity contribution in [3.8, 4) is 5.75 Å². The number of hydrogen-bond acceptors (Lipinski definition) is 5. The fourth-order valence-corrected chi connectivity index (χ4v) is 2.46. The molecule has 18 heavy (non-hydrogen) atoms. The van der Waals surface area contributed by atoms with Crippen molar-refractivity contribution < 1.29 is 10.0 Å². The Bertz CT molecular complexity index is 610. The number of phenolic OH excluding ortho intramolecular Hbond substituents is 1. The minimum atomic E-state index is -0.519. The molecule has 1 aromatic heterocycles. The fraction of sp³-hybridized carbons (Fsp3) is 0.182. The average Bonchev–Trinajstić information content (AvgIpc) is 2.60. The van der Waals surface area contributed by atoms with Crippen molar-refractivity contribution in [2.24, 2.45) is 7.05 Å². The van der Waals surface area contributed by atoms with Gasteiger partial charge in [-0.15, -0.1) is 0 Å². The summed E-state index contributed by atoms with van der Waals surface area (Å²) >= 11 is 1.13. The number of phenols is 1. The largest absolute Gasteiger partial charge is 0.507 e. The van der Waals surface area contributed by atoms with E-state index in [0.29, 0.717) is 15.7 Å². The molecule has 1 N–H and O–H groups in total. The maximum Gasteiger partial charge on any atom is 0.396 e. The average molecular weight is 265 g/mol. The summed E-state index contributed by atoms with van der Waals surface area (Å²) in [6, 6.07) is 6.70. The van der Waals surface area contributed by atoms with Gasteiger partial charge in [-0.05, 0) is 22.0 Å². The lowest BCUT2D eigenvalue weighted by Crippen LogP contribution is -1.94. The molecule has 0 bridgehead atoms. The molecule has 0 spiro atoms. The molecule has 0 fully saturated rings. The van der Waals surface area contributed by atoms with Crippen LogP contribution in [0, 0.1) is 17.0 Å². The molecule has 0 aliphatic heterocycles. The van der Waals surface area contributed by atoms with Crippen molar-refractivity contribution in [2.75, 3.05) is 0 Å². The molecular formula is C11H11N3O3S. The molecule has 0 saturated carbocycles. The summed E-state index contributed by atoms with van der Waals surface area (Å²) in [6.45, 7) is 1.70. The highest BCUT2D eigenvalue weighted by Gasteiger charge is 2.24. The highest BCUT2D eigenvalue weighted by atomic mass is 32.2. The van der Waals surface area contributed by atoms with Gasteiger partial charge < -0.3 is 15.2 Å². The third-order valence-electron chi connectivity index (χ3n) is 2.49. The van der Waals surface area contributed by atoms with Crippen LogP contribution in [0.2, 0.25) is 0 Å². The predicted molar refractivity (Wildman–Crippen MR) is 66.8 cm³/mol. The third-order valence-corrected chi connectivity index (χ3v) is 3.71. The molecule has 0 aliphatic carbocycles. The van der Waals surface area contributed by atoms with Crippen LogP contribution in [0.15, 0.2) is 34.2 Å². The van der Waals surface area contributed by atoms with Gasteiger partial charge in [0.05, 0.1) is 4.90 Å². The number of aromatic hydroxyl groups is 1. The van der Waals surface area contributed by atoms with E-state index in [1.807, 2.05) is 0 Å². The van der Waals surface area contributed by atoms with Crippen LogP contribution in [-0.4, -0.2) is 19.6 Å². The quantitative estimate of drug-likeness (QED) is 0.681. The second-order valence-corrected chi connectivity index (χ2v) is 4.70. The van der Waals surface area contributed by atoms with Crippen LogP contribution in [0.4, 0.5) is 5.82 Å². The number of imidazole rings is 1. The Labute approximate surface area is 107 Å². The smallest absolute Gasteiger partial charge is 0.396 e. The van der Waals surface area contributed by atoms with Crippen molar-refractivity contribution in [3.63, 3.8) is 0 Å². The molecule has 0 unspecified atom stereocenters. The van der Waals surface area contributed by atoms with E-state index in [-0.39, 0.29) is 11.6 Å². The molecular weight excluding hydrogens is 254 g/mol. The molecule has 7 heteroatoms. The van der Waals surface area contributed by atoms with Crippen LogP contribution in [0.1, 0.15) is 5.82 Å². The second kappa shape index (κ2) is 4.69. The molecule has 0 amide bonds. The molecule has 0 radical (unpaired) electrons. The van der Waals surface area contributed by atoms with Crippen molar-refractivity contribution in [1.29, 1.82) is 0 Å². The van der Waals surface area contributed by atoms with E-state index in [2.05, 4.69) is 4.98 Å². The monoisotopic (exact) mass is 265 g/mol. The van der Waals surface area contributed by atoms with Crippen molar-refractivity contribution in [2.45, 2.75) is 16.8 Å². The zero-order valence-electron chi connectivity index (χ0n) is 9.82. The molecule has 0 aliphatic rings. The van der Waals surface area contributed by atoms with Crippen LogP contribution in [0.3, 0.4) is 0 Å². The zero-order valence-corrected chi connectivity index (χ0v) is 10.6. The van der Waals surface area contributed by atoms with Gasteiger partial charge in [0.1, 0.15) is 5.75 Å². The first-order chi connectivity index (χ1) is 8.50. The SMILES string of the molecule is Cc1nc([N+](=O)[O-])c(Sc2ccccc2O)n1C. The summed E-state index contributed by atoms with van der Waals surface area (Å²) in [5, 5.41) is 21.0. The fourth-order valence-electron chi connectivity index (χ4n) is 1.45. The first-order valence-electron chi connectivity index (χ1n) is 5.14. The Morgan fingerprint density at radius 2 is 2.11 bits per heavy atom. The van der Waals surface area contributed by atoms with E-state index < -0.39 is 4.92 Å². The topological polar surface area (TPSA) is 81.2 Å². The van der Waals surface area contributed by atoms with Crippen molar-refractivity contribution in [3.05, 3.63) is 40.2 Å². The normalized spacial score (nSPS) is 10.6. The van der Waals surface area contributed by atoms with Crippen LogP contribution in [0.5, 0.6) is 5.75 Å². The number of hydrogen-bond donors (Lipinski definition) is 1. The predicted octanol–water partition coefficient (Wildman–Crippen LogP) is 2.49. The van der Waals surface area contributed by atoms with Gasteiger partial charge in [0.15, 0.2) is 5.03 Å². The molecule has 1 heterocycles. The van der Waals surface area contributed by atoms with Crippen LogP contribution in [-0.2, 0) is 7.05 Å². The van der Waals surface area contributed by atoms with E-state index in [4.69, 9.17) is 0 Å². The standard InChI is InChI=1S/C11H11N3O3S/c1-7-12-10(14(16)17)11(13(7)2)18-9-6-4-3-5-8(9)15/h3-6,15H,1-2H3. The number of aromatic nitrogens is 2. The Kier molecular flexibility index (Phi) is 3.24. The van der Waals surface area contributed by atoms with Gasteiger partial charge >= 0.3 is 5.82 Å². The Balaban J connectivity index is 2.46. The Morgan fingerprint density at radius 1 is 1.44 bits per heavy atom. The third kappa shape index (κ3) is 2.17. The lowest BCUT2D eigenvalue weighted by atomic mass is 10.3. The van der Waals surface area contributed by atoms with Crippen LogP contribution in [0.25, 0.3) is 0 Å². The highest BCUT2D eigenvalue weighted by Crippen LogP contribution is 2.38. The van der Waals surface area contributed by atoms with Gasteiger partial charge in [0, 0.05) is 14.0 Å². The number of nitro groups is 1. The first-order valence-corrected chi connectivity index (χ1v) is 5.96. The van der Waals surface area contributed by atoms with Gasteiger partial charge in [0.25, 0.3) is 0 Å². The van der Waals surface area contributed by atoms with E-state index in [1.165, 1.54) is 6.07 Å². The lowest BCUT2D eigenvalue weighted by molar-refractivity contribution is -0.392. The molecule has 6 nitrogen and oxygen atoms in total. The number of rotatable bonds is 3. The molecule has 94 valence electrons. The maximum atomic E-state index is 10.9. The highest BCUT2D eigenvalue weighted by molar-refractivity contribution is 7.99. The summed E-state index contributed by atoms with van der Waals surface area (Å²) in [7, 11) is 1.71. The molecule has 0 atom stereocenters. The zero-order chi connectivity index (χ0) is 13.3. The van der Waals surface area contributed by atoms with Crippen molar-refractivity contribution >= 4 is 17.6 Å². The minimum absolute atomic E-state index is 0.0932. The first kappa shape index (κ1) is 12.4. The Hall–Kier alpha value is -2.02. The maximum absolute atomic E-state index is 10.9. The minimum Gasteiger partial charge on any atom is -0.507 e. The molecule has 1 aromatic carbocycles. The van der Waals surface area contributed by atoms with Gasteiger partial charge in [-0.1, -0.05) is 23.9 Å². The van der Waals surface area contributed by atoms with Gasteiger partial charge in [-0.3, -0.25) is 4.57 Å². The van der Waals surface area contributed by atoms with Gasteiger partial charge in [-0.2, -0.15) is 0 Å². The van der Waals surface area contributed by atoms with Crippen molar-refractivity contribution in [1.82, 2.24) is 9.55 Å². The second-order valence-electron chi connectivity index (χ2n) is 3.67. The summed E-state index contributed by atoms with van der Waals surface area (Å²) in [4.78, 5) is 14.9. The number of nitrogens with zero attached hydrogens (tertiary/aromatic N) is 3. The number of para-hydroxylation sites is 1. The lowest BCUT2D eigenvalue weighted by Gasteiger charge is -2.04. The summed E-state index contributed by atoms with van der Waals surface area (Å²) in [6.07, 6.45) is 0. The van der Waals surface area contributed by atoms with E-state index in [1.54, 1.807) is 36.7 Å². The molecule has 2 aromatic rings. The van der Waals surface area contributed by atoms with E-state index in [0.717, 1.165) is 11.8 Å². The van der Waals surface area contributed by atoms with Crippen LogP contribution >= 0.6 is 11.8 Å². The van der Waals surface area contributed by atoms with E-state index >= 15 is 0 Å². The van der Waals surface area contributed by atoms with E-state index in [9.17, 15) is 15.2 Å². The Morgan fingerprint density at radius 3 is 2.72 bits per heavy atom. The molecule has 2 rings (SSSR count). The summed E-state index contributed by atoms with van der Waals surface area (Å²) < 4.78 is 1.63. The summed E-state index contributed by atoms with van der Waals surface area (Å²) in [5.41, 5.74) is 0. The van der Waals surface area contributed by atoms with Gasteiger partial charge in [-0.25, -0.2) is 0 Å². The van der Waals surface area contributed by atoms with Gasteiger partial charge in [0.2, 0.25) is 5.82 Å². The summed E-state index contributed by atoms with van der Waals surface area (Å²) in [5.74, 6) is 0.457.